The molecule has 2 aliphatic heterocycles. The van der Waals surface area contributed by atoms with Gasteiger partial charge in [-0.3, -0.25) is 24.1 Å². The van der Waals surface area contributed by atoms with Crippen molar-refractivity contribution >= 4 is 46.5 Å². The van der Waals surface area contributed by atoms with Crippen LogP contribution in [0.5, 0.6) is 11.5 Å². The van der Waals surface area contributed by atoms with Crippen molar-refractivity contribution < 1.29 is 28.7 Å². The summed E-state index contributed by atoms with van der Waals surface area (Å²) in [6, 6.07) is 20.7. The lowest BCUT2D eigenvalue weighted by atomic mass is 10.00. The molecule has 2 heterocycles. The second-order valence-corrected chi connectivity index (χ2v) is 11.8. The predicted molar refractivity (Wildman–Crippen MR) is 171 cm³/mol. The van der Waals surface area contributed by atoms with Gasteiger partial charge < -0.3 is 19.7 Å². The summed E-state index contributed by atoms with van der Waals surface area (Å²) in [7, 11) is 0. The molecule has 1 fully saturated rings. The topological polar surface area (TPSA) is 105 Å². The summed E-state index contributed by atoms with van der Waals surface area (Å²) in [5, 5.41) is 2.42. The highest BCUT2D eigenvalue weighted by molar-refractivity contribution is 8.18. The number of imide groups is 1. The molecule has 5 rings (SSSR count). The van der Waals surface area contributed by atoms with Crippen molar-refractivity contribution in [1.82, 2.24) is 9.80 Å². The molecule has 2 aliphatic rings. The number of hydrogen-bond acceptors (Lipinski definition) is 7. The molecule has 3 aromatic carbocycles. The molecule has 0 bridgehead atoms. The molecule has 4 amide bonds. The fourth-order valence-corrected chi connectivity index (χ4v) is 6.02. The molecule has 9 nitrogen and oxygen atoms in total. The standard InChI is InChI=1S/C34H35N3O6S/c1-4-42-29-17-23(13-14-28(29)43-21-31(38)35-27-12-8-7-11-26(27)22(2)3)18-30-33(40)37(34(41)44-30)20-32(39)36-16-15-24-9-5-6-10-25(24)19-36/h5-14,17-18,22H,4,15-16,19-21H2,1-3H3,(H,35,38)/b30-18+. The number of hydrogen-bond donors (Lipinski definition) is 1. The van der Waals surface area contributed by atoms with Crippen molar-refractivity contribution in [3.05, 3.63) is 93.9 Å². The van der Waals surface area contributed by atoms with Crippen LogP contribution in [0.3, 0.4) is 0 Å². The minimum absolute atomic E-state index is 0.214. The molecule has 3 aromatic rings. The molecule has 0 atom stereocenters. The van der Waals surface area contributed by atoms with Crippen LogP contribution in [-0.4, -0.2) is 59.1 Å². The van der Waals surface area contributed by atoms with Crippen LogP contribution in [0, 0.1) is 0 Å². The fourth-order valence-electron chi connectivity index (χ4n) is 5.18. The number of para-hydroxylation sites is 1. The molecule has 0 aromatic heterocycles. The minimum Gasteiger partial charge on any atom is -0.490 e. The van der Waals surface area contributed by atoms with Gasteiger partial charge in [0.25, 0.3) is 17.1 Å². The van der Waals surface area contributed by atoms with Crippen molar-refractivity contribution in [2.45, 2.75) is 39.7 Å². The third-order valence-corrected chi connectivity index (χ3v) is 8.34. The quantitative estimate of drug-likeness (QED) is 0.286. The molecule has 0 radical (unpaired) electrons. The van der Waals surface area contributed by atoms with Crippen LogP contribution in [0.1, 0.15) is 48.9 Å². The Morgan fingerprint density at radius 2 is 1.73 bits per heavy atom. The lowest BCUT2D eigenvalue weighted by molar-refractivity contribution is -0.136. The zero-order valence-corrected chi connectivity index (χ0v) is 25.8. The lowest BCUT2D eigenvalue weighted by Gasteiger charge is -2.29. The maximum atomic E-state index is 13.2. The van der Waals surface area contributed by atoms with Crippen LogP contribution in [0.25, 0.3) is 6.08 Å². The first-order valence-corrected chi connectivity index (χ1v) is 15.4. The number of anilines is 1. The molecule has 0 aliphatic carbocycles. The van der Waals surface area contributed by atoms with Gasteiger partial charge in [-0.25, -0.2) is 0 Å². The average molecular weight is 614 g/mol. The molecular weight excluding hydrogens is 578 g/mol. The van der Waals surface area contributed by atoms with Crippen LogP contribution >= 0.6 is 11.8 Å². The van der Waals surface area contributed by atoms with Crippen LogP contribution in [0.15, 0.2) is 71.6 Å². The summed E-state index contributed by atoms with van der Waals surface area (Å²) in [6.07, 6.45) is 2.33. The van der Waals surface area contributed by atoms with Crippen LogP contribution in [0.2, 0.25) is 0 Å². The first-order valence-electron chi connectivity index (χ1n) is 14.6. The molecule has 0 spiro atoms. The molecule has 10 heteroatoms. The molecule has 228 valence electrons. The van der Waals surface area contributed by atoms with E-state index >= 15 is 0 Å². The van der Waals surface area contributed by atoms with E-state index < -0.39 is 11.1 Å². The number of ether oxygens (including phenoxy) is 2. The van der Waals surface area contributed by atoms with Gasteiger partial charge in [-0.2, -0.15) is 0 Å². The van der Waals surface area contributed by atoms with Crippen molar-refractivity contribution in [2.24, 2.45) is 0 Å². The highest BCUT2D eigenvalue weighted by Crippen LogP contribution is 2.35. The van der Waals surface area contributed by atoms with E-state index in [1.807, 2.05) is 49.4 Å². The summed E-state index contributed by atoms with van der Waals surface area (Å²) >= 11 is 0.798. The Balaban J connectivity index is 1.22. The van der Waals surface area contributed by atoms with Gasteiger partial charge >= 0.3 is 0 Å². The van der Waals surface area contributed by atoms with Crippen LogP contribution < -0.4 is 14.8 Å². The number of amides is 4. The van der Waals surface area contributed by atoms with E-state index in [0.717, 1.165) is 39.9 Å². The highest BCUT2D eigenvalue weighted by Gasteiger charge is 2.37. The molecular formula is C34H35N3O6S. The summed E-state index contributed by atoms with van der Waals surface area (Å²) in [6.45, 7) is 6.79. The van der Waals surface area contributed by atoms with Gasteiger partial charge in [-0.15, -0.1) is 0 Å². The van der Waals surface area contributed by atoms with Gasteiger partial charge in [-0.05, 0) is 77.6 Å². The third kappa shape index (κ3) is 7.14. The zero-order chi connectivity index (χ0) is 31.2. The van der Waals surface area contributed by atoms with Crippen LogP contribution in [0.4, 0.5) is 10.5 Å². The van der Waals surface area contributed by atoms with Gasteiger partial charge in [0.2, 0.25) is 5.91 Å². The van der Waals surface area contributed by atoms with Gasteiger partial charge in [-0.1, -0.05) is 62.4 Å². The number of carbonyl (C=O) groups excluding carboxylic acids is 4. The number of benzene rings is 3. The van der Waals surface area contributed by atoms with E-state index in [-0.39, 0.29) is 35.8 Å². The summed E-state index contributed by atoms with van der Waals surface area (Å²) in [5.74, 6) is -0.0577. The average Bonchev–Trinajstić information content (AvgIpc) is 3.27. The molecule has 0 saturated carbocycles. The highest BCUT2D eigenvalue weighted by atomic mass is 32.2. The SMILES string of the molecule is CCOc1cc(/C=C2/SC(=O)N(CC(=O)N3CCc4ccccc4C3)C2=O)ccc1OCC(=O)Nc1ccccc1C(C)C. The van der Waals surface area contributed by atoms with Crippen LogP contribution in [-0.2, 0) is 27.3 Å². The largest absolute Gasteiger partial charge is 0.490 e. The first-order chi connectivity index (χ1) is 21.2. The normalized spacial score (nSPS) is 15.5. The van der Waals surface area contributed by atoms with Crippen molar-refractivity contribution in [2.75, 3.05) is 31.6 Å². The Morgan fingerprint density at radius 3 is 2.50 bits per heavy atom. The smallest absolute Gasteiger partial charge is 0.294 e. The van der Waals surface area contributed by atoms with Gasteiger partial charge in [0, 0.05) is 18.8 Å². The first kappa shape index (κ1) is 30.9. The van der Waals surface area contributed by atoms with E-state index in [0.29, 0.717) is 36.8 Å². The van der Waals surface area contributed by atoms with Gasteiger partial charge in [0.1, 0.15) is 6.54 Å². The summed E-state index contributed by atoms with van der Waals surface area (Å²) in [5.41, 5.74) is 4.68. The number of nitrogens with one attached hydrogen (secondary N) is 1. The number of nitrogens with zero attached hydrogens (tertiary/aromatic N) is 2. The number of thioether (sulfide) groups is 1. The Labute approximate surface area is 261 Å². The van der Waals surface area contributed by atoms with Crippen molar-refractivity contribution in [1.29, 1.82) is 0 Å². The maximum absolute atomic E-state index is 13.2. The summed E-state index contributed by atoms with van der Waals surface area (Å²) < 4.78 is 11.5. The number of carbonyl (C=O) groups is 4. The predicted octanol–water partition coefficient (Wildman–Crippen LogP) is 5.85. The van der Waals surface area contributed by atoms with E-state index in [9.17, 15) is 19.2 Å². The van der Waals surface area contributed by atoms with Crippen molar-refractivity contribution in [3.8, 4) is 11.5 Å². The van der Waals surface area contributed by atoms with Gasteiger partial charge in [0.15, 0.2) is 18.1 Å². The Kier molecular flexibility index (Phi) is 9.69. The van der Waals surface area contributed by atoms with E-state index in [2.05, 4.69) is 25.2 Å². The van der Waals surface area contributed by atoms with E-state index in [1.165, 1.54) is 5.56 Å². The Morgan fingerprint density at radius 1 is 0.977 bits per heavy atom. The lowest BCUT2D eigenvalue weighted by Crippen LogP contribution is -2.44. The number of rotatable bonds is 10. The molecule has 1 N–H and O–H groups in total. The van der Waals surface area contributed by atoms with Crippen molar-refractivity contribution in [3.63, 3.8) is 0 Å². The monoisotopic (exact) mass is 613 g/mol. The number of fused-ring (bicyclic) bond motifs is 1. The molecule has 44 heavy (non-hydrogen) atoms. The molecule has 1 saturated heterocycles. The van der Waals surface area contributed by atoms with E-state index in [4.69, 9.17) is 9.47 Å². The zero-order valence-electron chi connectivity index (χ0n) is 25.0. The third-order valence-electron chi connectivity index (χ3n) is 7.43. The summed E-state index contributed by atoms with van der Waals surface area (Å²) in [4.78, 5) is 54.5. The second-order valence-electron chi connectivity index (χ2n) is 10.8. The molecule has 0 unspecified atom stereocenters. The Bertz CT molecular complexity index is 1620. The second kappa shape index (κ2) is 13.8. The minimum atomic E-state index is -0.512. The maximum Gasteiger partial charge on any atom is 0.294 e. The van der Waals surface area contributed by atoms with E-state index in [1.54, 1.807) is 29.2 Å². The Hall–Kier alpha value is -4.57. The fraction of sp³-hybridized carbons (Fsp3) is 0.294. The van der Waals surface area contributed by atoms with Gasteiger partial charge in [0.05, 0.1) is 11.5 Å².